The predicted molar refractivity (Wildman–Crippen MR) is 119 cm³/mol. The van der Waals surface area contributed by atoms with Crippen molar-refractivity contribution in [3.05, 3.63) is 58.0 Å². The van der Waals surface area contributed by atoms with Gasteiger partial charge in [0.2, 0.25) is 0 Å². The zero-order valence-corrected chi connectivity index (χ0v) is 18.1. The monoisotopic (exact) mass is 445 g/mol. The maximum absolute atomic E-state index is 13.2. The number of rotatable bonds is 5. The van der Waals surface area contributed by atoms with Gasteiger partial charge in [0.05, 0.1) is 15.9 Å². The molecule has 0 bridgehead atoms. The molecular weight excluding hydrogens is 426 g/mol. The fourth-order valence-electron chi connectivity index (χ4n) is 3.36. The van der Waals surface area contributed by atoms with Gasteiger partial charge in [-0.1, -0.05) is 43.7 Å². The first-order valence-electron chi connectivity index (χ1n) is 9.24. The van der Waals surface area contributed by atoms with Crippen molar-refractivity contribution in [2.24, 2.45) is 4.99 Å². The van der Waals surface area contributed by atoms with Gasteiger partial charge >= 0.3 is 0 Å². The number of nitrogens with one attached hydrogen (secondary N) is 1. The van der Waals surface area contributed by atoms with Crippen LogP contribution in [0, 0.1) is 3.95 Å². The van der Waals surface area contributed by atoms with E-state index in [1.54, 1.807) is 30.3 Å². The van der Waals surface area contributed by atoms with Crippen LogP contribution in [-0.4, -0.2) is 35.9 Å². The average Bonchev–Trinajstić information content (AvgIpc) is 3.15. The van der Waals surface area contributed by atoms with Gasteiger partial charge in [0.1, 0.15) is 5.71 Å². The molecule has 1 amide bonds. The molecule has 0 saturated carbocycles. The maximum atomic E-state index is 13.2. The molecule has 1 saturated heterocycles. The number of sulfonamides is 1. The Bertz CT molecular complexity index is 1260. The van der Waals surface area contributed by atoms with Gasteiger partial charge in [-0.3, -0.25) is 4.79 Å². The number of nitrogens with zero attached hydrogens (tertiary/aromatic N) is 2. The molecule has 1 aliphatic heterocycles. The number of aromatic amines is 1. The van der Waals surface area contributed by atoms with Crippen LogP contribution in [0.25, 0.3) is 10.2 Å². The number of hydrogen-bond donors (Lipinski definition) is 1. The van der Waals surface area contributed by atoms with Crippen LogP contribution in [0.15, 0.2) is 53.5 Å². The van der Waals surface area contributed by atoms with E-state index in [2.05, 4.69) is 9.98 Å². The van der Waals surface area contributed by atoms with Crippen LogP contribution in [0.5, 0.6) is 0 Å². The second-order valence-corrected chi connectivity index (χ2v) is 10.4. The molecule has 1 atom stereocenters. The number of aliphatic imine (C=N–C) groups is 1. The van der Waals surface area contributed by atoms with Gasteiger partial charge in [-0.05, 0) is 42.4 Å². The molecule has 3 aromatic rings. The number of aromatic nitrogens is 1. The highest BCUT2D eigenvalue weighted by Gasteiger charge is 2.50. The van der Waals surface area contributed by atoms with E-state index in [1.165, 1.54) is 11.3 Å². The SMILES string of the molecule is CCCCN1C(=O)C(=Nc2ccc3[nH]c(=S)sc3c2)C(c2ccccc2)S1(=O)=O. The summed E-state index contributed by atoms with van der Waals surface area (Å²) < 4.78 is 29.0. The number of H-pyrrole nitrogens is 1. The molecule has 1 unspecified atom stereocenters. The van der Waals surface area contributed by atoms with Crippen molar-refractivity contribution in [1.82, 2.24) is 9.29 Å². The van der Waals surface area contributed by atoms with Crippen molar-refractivity contribution in [3.63, 3.8) is 0 Å². The Labute approximate surface area is 178 Å². The quantitative estimate of drug-likeness (QED) is 0.575. The van der Waals surface area contributed by atoms with Gasteiger partial charge in [-0.15, -0.1) is 11.3 Å². The summed E-state index contributed by atoms with van der Waals surface area (Å²) in [6.07, 6.45) is 1.40. The highest BCUT2D eigenvalue weighted by molar-refractivity contribution is 7.91. The van der Waals surface area contributed by atoms with Crippen LogP contribution in [0.3, 0.4) is 0 Å². The minimum Gasteiger partial charge on any atom is -0.337 e. The lowest BCUT2D eigenvalue weighted by Crippen LogP contribution is -2.31. The third-order valence-corrected chi connectivity index (χ3v) is 8.02. The van der Waals surface area contributed by atoms with Crippen molar-refractivity contribution < 1.29 is 13.2 Å². The number of carbonyl (C=O) groups is 1. The maximum Gasteiger partial charge on any atom is 0.283 e. The summed E-state index contributed by atoms with van der Waals surface area (Å²) in [6.45, 7) is 2.12. The van der Waals surface area contributed by atoms with E-state index in [4.69, 9.17) is 12.2 Å². The number of thiazole rings is 1. The Kier molecular flexibility index (Phi) is 5.37. The van der Waals surface area contributed by atoms with Crippen LogP contribution >= 0.6 is 23.6 Å². The molecule has 4 rings (SSSR count). The number of carbonyl (C=O) groups excluding carboxylic acids is 1. The molecule has 9 heteroatoms. The molecule has 1 fully saturated rings. The van der Waals surface area contributed by atoms with E-state index in [0.29, 0.717) is 21.6 Å². The van der Waals surface area contributed by atoms with E-state index < -0.39 is 21.2 Å². The van der Waals surface area contributed by atoms with Crippen molar-refractivity contribution >= 4 is 61.1 Å². The normalized spacial score (nSPS) is 20.0. The van der Waals surface area contributed by atoms with Crippen molar-refractivity contribution in [2.45, 2.75) is 25.0 Å². The highest BCUT2D eigenvalue weighted by atomic mass is 32.2. The summed E-state index contributed by atoms with van der Waals surface area (Å²) in [6, 6.07) is 14.2. The zero-order valence-electron chi connectivity index (χ0n) is 15.7. The highest BCUT2D eigenvalue weighted by Crippen LogP contribution is 2.36. The Morgan fingerprint density at radius 2 is 1.97 bits per heavy atom. The zero-order chi connectivity index (χ0) is 20.6. The third kappa shape index (κ3) is 3.65. The number of unbranched alkanes of at least 4 members (excludes halogenated alkanes) is 1. The van der Waals surface area contributed by atoms with E-state index in [0.717, 1.165) is 20.9 Å². The van der Waals surface area contributed by atoms with Gasteiger partial charge < -0.3 is 4.98 Å². The van der Waals surface area contributed by atoms with Crippen molar-refractivity contribution in [2.75, 3.05) is 6.54 Å². The van der Waals surface area contributed by atoms with Crippen LogP contribution in [0.4, 0.5) is 5.69 Å². The molecular formula is C20H19N3O3S3. The van der Waals surface area contributed by atoms with Gasteiger partial charge in [0.15, 0.2) is 9.20 Å². The second-order valence-electron chi connectivity index (χ2n) is 6.76. The first-order valence-corrected chi connectivity index (χ1v) is 12.0. The summed E-state index contributed by atoms with van der Waals surface area (Å²) in [5.41, 5.74) is 1.99. The fourth-order valence-corrected chi connectivity index (χ4v) is 6.41. The van der Waals surface area contributed by atoms with E-state index >= 15 is 0 Å². The molecule has 0 aliphatic carbocycles. The molecule has 6 nitrogen and oxygen atoms in total. The molecule has 29 heavy (non-hydrogen) atoms. The molecule has 150 valence electrons. The third-order valence-electron chi connectivity index (χ3n) is 4.77. The lowest BCUT2D eigenvalue weighted by atomic mass is 10.1. The van der Waals surface area contributed by atoms with Crippen LogP contribution in [0.2, 0.25) is 0 Å². The Hall–Kier alpha value is -2.36. The van der Waals surface area contributed by atoms with Crippen LogP contribution in [0.1, 0.15) is 30.6 Å². The van der Waals surface area contributed by atoms with Gasteiger partial charge in [-0.2, -0.15) is 0 Å². The van der Waals surface area contributed by atoms with Gasteiger partial charge in [0.25, 0.3) is 15.9 Å². The topological polar surface area (TPSA) is 82.6 Å². The lowest BCUT2D eigenvalue weighted by molar-refractivity contribution is -0.119. The number of fused-ring (bicyclic) bond motifs is 1. The van der Waals surface area contributed by atoms with E-state index in [1.807, 2.05) is 25.1 Å². The number of hydrogen-bond acceptors (Lipinski definition) is 6. The average molecular weight is 446 g/mol. The Balaban J connectivity index is 1.85. The molecule has 1 N–H and O–H groups in total. The number of benzene rings is 2. The predicted octanol–water partition coefficient (Wildman–Crippen LogP) is 4.74. The fraction of sp³-hybridized carbons (Fsp3) is 0.250. The standard InChI is InChI=1S/C20H19N3O3S3/c1-2-3-11-23-19(24)17(18(29(23,25)26)13-7-5-4-6-8-13)21-14-9-10-15-16(12-14)28-20(27)22-15/h4-10,12,18H,2-3,11H2,1H3,(H,22,27). The van der Waals surface area contributed by atoms with E-state index in [-0.39, 0.29) is 12.3 Å². The first-order chi connectivity index (χ1) is 13.9. The lowest BCUT2D eigenvalue weighted by Gasteiger charge is -2.15. The molecule has 2 heterocycles. The smallest absolute Gasteiger partial charge is 0.283 e. The second kappa shape index (κ2) is 7.81. The first kappa shape index (κ1) is 19.9. The molecule has 1 aromatic heterocycles. The summed E-state index contributed by atoms with van der Waals surface area (Å²) in [5, 5.41) is -1.10. The van der Waals surface area contributed by atoms with Crippen LogP contribution in [-0.2, 0) is 14.8 Å². The Morgan fingerprint density at radius 3 is 2.69 bits per heavy atom. The van der Waals surface area contributed by atoms with E-state index in [9.17, 15) is 13.2 Å². The summed E-state index contributed by atoms with van der Waals surface area (Å²) in [7, 11) is -3.88. The molecule has 1 aliphatic rings. The molecule has 0 radical (unpaired) electrons. The molecule has 0 spiro atoms. The van der Waals surface area contributed by atoms with Crippen molar-refractivity contribution in [1.29, 1.82) is 0 Å². The van der Waals surface area contributed by atoms with Gasteiger partial charge in [-0.25, -0.2) is 17.7 Å². The van der Waals surface area contributed by atoms with Crippen LogP contribution < -0.4 is 0 Å². The summed E-state index contributed by atoms with van der Waals surface area (Å²) in [4.78, 5) is 20.7. The minimum absolute atomic E-state index is 0.0331. The number of amides is 1. The summed E-state index contributed by atoms with van der Waals surface area (Å²) >= 11 is 6.58. The van der Waals surface area contributed by atoms with Gasteiger partial charge in [0, 0.05) is 6.54 Å². The molecule has 2 aromatic carbocycles. The minimum atomic E-state index is -3.88. The van der Waals surface area contributed by atoms with Crippen molar-refractivity contribution in [3.8, 4) is 0 Å². The summed E-state index contributed by atoms with van der Waals surface area (Å²) in [5.74, 6) is -0.547. The largest absolute Gasteiger partial charge is 0.337 e. The Morgan fingerprint density at radius 1 is 1.21 bits per heavy atom.